The highest BCUT2D eigenvalue weighted by molar-refractivity contribution is 4.90. The molecule has 0 bridgehead atoms. The summed E-state index contributed by atoms with van der Waals surface area (Å²) in [6.45, 7) is 8.32. The Balaban J connectivity index is 1.59. The largest absolute Gasteiger partial charge is 0.381 e. The first kappa shape index (κ1) is 14.8. The summed E-state index contributed by atoms with van der Waals surface area (Å²) in [4.78, 5) is 2.71. The second-order valence-corrected chi connectivity index (χ2v) is 6.54. The van der Waals surface area contributed by atoms with Gasteiger partial charge in [0.1, 0.15) is 0 Å². The second-order valence-electron chi connectivity index (χ2n) is 6.54. The first-order valence-electron chi connectivity index (χ1n) is 8.55. The zero-order chi connectivity index (χ0) is 13.8. The van der Waals surface area contributed by atoms with Gasteiger partial charge in [-0.1, -0.05) is 19.8 Å². The Labute approximate surface area is 123 Å². The van der Waals surface area contributed by atoms with Crippen molar-refractivity contribution >= 4 is 0 Å². The van der Waals surface area contributed by atoms with Crippen molar-refractivity contribution in [3.8, 4) is 0 Å². The van der Waals surface area contributed by atoms with E-state index in [-0.39, 0.29) is 0 Å². The van der Waals surface area contributed by atoms with Crippen LogP contribution in [0.1, 0.15) is 39.0 Å². The summed E-state index contributed by atoms with van der Waals surface area (Å²) in [7, 11) is 0. The maximum atomic E-state index is 5.99. The van der Waals surface area contributed by atoms with E-state index in [2.05, 4.69) is 17.1 Å². The van der Waals surface area contributed by atoms with Crippen LogP contribution in [0, 0.1) is 5.92 Å². The van der Waals surface area contributed by atoms with Crippen LogP contribution < -0.4 is 5.32 Å². The SMILES string of the molecule is CCNC1CCOCC1CN1CCOC2CCCCC21. The van der Waals surface area contributed by atoms with E-state index in [0.29, 0.717) is 24.1 Å². The summed E-state index contributed by atoms with van der Waals surface area (Å²) in [5, 5.41) is 3.66. The Bertz CT molecular complexity index is 296. The predicted molar refractivity (Wildman–Crippen MR) is 80.0 cm³/mol. The van der Waals surface area contributed by atoms with Gasteiger partial charge < -0.3 is 14.8 Å². The van der Waals surface area contributed by atoms with E-state index in [1.807, 2.05) is 0 Å². The van der Waals surface area contributed by atoms with Gasteiger partial charge in [0.05, 0.1) is 19.3 Å². The van der Waals surface area contributed by atoms with E-state index in [0.717, 1.165) is 39.3 Å². The summed E-state index contributed by atoms with van der Waals surface area (Å²) in [5.74, 6) is 0.643. The fraction of sp³-hybridized carbons (Fsp3) is 1.00. The summed E-state index contributed by atoms with van der Waals surface area (Å²) >= 11 is 0. The van der Waals surface area contributed by atoms with E-state index < -0.39 is 0 Å². The third kappa shape index (κ3) is 3.35. The molecular weight excluding hydrogens is 252 g/mol. The monoisotopic (exact) mass is 282 g/mol. The Morgan fingerprint density at radius 3 is 2.95 bits per heavy atom. The lowest BCUT2D eigenvalue weighted by Gasteiger charge is -2.46. The van der Waals surface area contributed by atoms with Crippen LogP contribution in [-0.2, 0) is 9.47 Å². The molecule has 20 heavy (non-hydrogen) atoms. The molecule has 1 aliphatic carbocycles. The van der Waals surface area contributed by atoms with E-state index >= 15 is 0 Å². The Kier molecular flexibility index (Phi) is 5.32. The van der Waals surface area contributed by atoms with Gasteiger partial charge >= 0.3 is 0 Å². The van der Waals surface area contributed by atoms with Crippen LogP contribution in [0.3, 0.4) is 0 Å². The number of ether oxygens (including phenoxy) is 2. The fourth-order valence-corrected chi connectivity index (χ4v) is 4.21. The van der Waals surface area contributed by atoms with Crippen LogP contribution in [0.2, 0.25) is 0 Å². The molecule has 4 nitrogen and oxygen atoms in total. The summed E-state index contributed by atoms with van der Waals surface area (Å²) < 4.78 is 11.7. The first-order chi connectivity index (χ1) is 9.88. The quantitative estimate of drug-likeness (QED) is 0.850. The van der Waals surface area contributed by atoms with Crippen molar-refractivity contribution in [2.75, 3.05) is 39.5 Å². The smallest absolute Gasteiger partial charge is 0.0730 e. The molecule has 2 heterocycles. The van der Waals surface area contributed by atoms with Crippen molar-refractivity contribution in [3.05, 3.63) is 0 Å². The number of rotatable bonds is 4. The van der Waals surface area contributed by atoms with Crippen LogP contribution >= 0.6 is 0 Å². The molecule has 4 unspecified atom stereocenters. The molecule has 3 rings (SSSR count). The van der Waals surface area contributed by atoms with Gasteiger partial charge in [-0.15, -0.1) is 0 Å². The second kappa shape index (κ2) is 7.21. The van der Waals surface area contributed by atoms with Crippen LogP contribution in [0.25, 0.3) is 0 Å². The minimum atomic E-state index is 0.500. The lowest BCUT2D eigenvalue weighted by molar-refractivity contribution is -0.0997. The molecule has 0 amide bonds. The number of fused-ring (bicyclic) bond motifs is 1. The van der Waals surface area contributed by atoms with Crippen LogP contribution in [0.4, 0.5) is 0 Å². The number of hydrogen-bond acceptors (Lipinski definition) is 4. The molecule has 0 aromatic carbocycles. The standard InChI is InChI=1S/C16H30N2O2/c1-2-17-14-7-9-19-12-13(14)11-18-8-10-20-16-6-4-3-5-15(16)18/h13-17H,2-12H2,1H3. The average Bonchev–Trinajstić information content (AvgIpc) is 2.50. The van der Waals surface area contributed by atoms with Crippen LogP contribution in [0.15, 0.2) is 0 Å². The average molecular weight is 282 g/mol. The number of nitrogens with zero attached hydrogens (tertiary/aromatic N) is 1. The first-order valence-corrected chi connectivity index (χ1v) is 8.55. The van der Waals surface area contributed by atoms with Gasteiger partial charge in [0.2, 0.25) is 0 Å². The van der Waals surface area contributed by atoms with Gasteiger partial charge in [-0.2, -0.15) is 0 Å². The zero-order valence-corrected chi connectivity index (χ0v) is 12.9. The van der Waals surface area contributed by atoms with Gasteiger partial charge in [0, 0.05) is 37.7 Å². The van der Waals surface area contributed by atoms with Gasteiger partial charge in [-0.3, -0.25) is 4.90 Å². The van der Waals surface area contributed by atoms with Crippen molar-refractivity contribution in [1.82, 2.24) is 10.2 Å². The fourth-order valence-electron chi connectivity index (χ4n) is 4.21. The molecule has 2 aliphatic heterocycles. The molecule has 0 aromatic rings. The highest BCUT2D eigenvalue weighted by Crippen LogP contribution is 2.29. The molecule has 3 fully saturated rings. The minimum Gasteiger partial charge on any atom is -0.381 e. The highest BCUT2D eigenvalue weighted by atomic mass is 16.5. The summed E-state index contributed by atoms with van der Waals surface area (Å²) in [6.07, 6.45) is 6.97. The molecule has 4 atom stereocenters. The van der Waals surface area contributed by atoms with Crippen molar-refractivity contribution in [1.29, 1.82) is 0 Å². The maximum Gasteiger partial charge on any atom is 0.0730 e. The molecule has 1 saturated carbocycles. The van der Waals surface area contributed by atoms with E-state index in [1.54, 1.807) is 0 Å². The summed E-state index contributed by atoms with van der Waals surface area (Å²) in [6, 6.07) is 1.31. The molecule has 116 valence electrons. The maximum absolute atomic E-state index is 5.99. The van der Waals surface area contributed by atoms with Crippen molar-refractivity contribution < 1.29 is 9.47 Å². The van der Waals surface area contributed by atoms with Gasteiger partial charge in [-0.25, -0.2) is 0 Å². The van der Waals surface area contributed by atoms with E-state index in [1.165, 1.54) is 32.2 Å². The van der Waals surface area contributed by atoms with Gasteiger partial charge in [-0.05, 0) is 25.8 Å². The lowest BCUT2D eigenvalue weighted by Crippen LogP contribution is -2.56. The van der Waals surface area contributed by atoms with Gasteiger partial charge in [0.25, 0.3) is 0 Å². The Morgan fingerprint density at radius 1 is 1.15 bits per heavy atom. The number of nitrogens with one attached hydrogen (secondary N) is 1. The van der Waals surface area contributed by atoms with Crippen molar-refractivity contribution in [2.45, 2.75) is 57.2 Å². The highest BCUT2D eigenvalue weighted by Gasteiger charge is 2.36. The predicted octanol–water partition coefficient (Wildman–Crippen LogP) is 1.64. The van der Waals surface area contributed by atoms with Crippen LogP contribution in [-0.4, -0.2) is 62.5 Å². The number of hydrogen-bond donors (Lipinski definition) is 1. The third-order valence-corrected chi connectivity index (χ3v) is 5.26. The molecule has 4 heteroatoms. The molecule has 3 aliphatic rings. The van der Waals surface area contributed by atoms with E-state index in [4.69, 9.17) is 9.47 Å². The Morgan fingerprint density at radius 2 is 2.05 bits per heavy atom. The molecule has 0 aromatic heterocycles. The van der Waals surface area contributed by atoms with Gasteiger partial charge in [0.15, 0.2) is 0 Å². The van der Waals surface area contributed by atoms with Crippen molar-refractivity contribution in [3.63, 3.8) is 0 Å². The molecule has 1 N–H and O–H groups in total. The van der Waals surface area contributed by atoms with E-state index in [9.17, 15) is 0 Å². The topological polar surface area (TPSA) is 33.7 Å². The molecule has 0 radical (unpaired) electrons. The Hall–Kier alpha value is -0.160. The third-order valence-electron chi connectivity index (χ3n) is 5.26. The van der Waals surface area contributed by atoms with Crippen LogP contribution in [0.5, 0.6) is 0 Å². The normalized spacial score (nSPS) is 39.5. The molecule has 2 saturated heterocycles. The minimum absolute atomic E-state index is 0.500. The number of morpholine rings is 1. The lowest BCUT2D eigenvalue weighted by atomic mass is 9.88. The zero-order valence-electron chi connectivity index (χ0n) is 12.9. The summed E-state index contributed by atoms with van der Waals surface area (Å²) in [5.41, 5.74) is 0. The molecule has 0 spiro atoms. The molecular formula is C16H30N2O2. The van der Waals surface area contributed by atoms with Crippen molar-refractivity contribution in [2.24, 2.45) is 5.92 Å².